The first-order chi connectivity index (χ1) is 15.0. The molecule has 3 heterocycles. The van der Waals surface area contributed by atoms with E-state index in [0.29, 0.717) is 17.8 Å². The van der Waals surface area contributed by atoms with Crippen LogP contribution in [-0.2, 0) is 12.8 Å². The normalized spacial score (nSPS) is 11.4. The number of fused-ring (bicyclic) bond motifs is 1. The van der Waals surface area contributed by atoms with Gasteiger partial charge in [-0.25, -0.2) is 9.37 Å². The van der Waals surface area contributed by atoms with Crippen LogP contribution >= 0.6 is 0 Å². The van der Waals surface area contributed by atoms with E-state index in [-0.39, 0.29) is 11.7 Å². The lowest BCUT2D eigenvalue weighted by atomic mass is 10.0. The molecular formula is C24H26FN5O. The molecule has 0 saturated heterocycles. The Bertz CT molecular complexity index is 1220. The molecule has 4 aromatic rings. The number of aryl methyl sites for hydroxylation is 1. The molecule has 0 aliphatic carbocycles. The lowest BCUT2D eigenvalue weighted by Gasteiger charge is -2.13. The van der Waals surface area contributed by atoms with Crippen molar-refractivity contribution in [2.24, 2.45) is 0 Å². The molecule has 0 amide bonds. The van der Waals surface area contributed by atoms with Crippen molar-refractivity contribution >= 4 is 11.5 Å². The second kappa shape index (κ2) is 8.71. The molecule has 0 aliphatic rings. The summed E-state index contributed by atoms with van der Waals surface area (Å²) in [6.07, 6.45) is 6.28. The zero-order valence-corrected chi connectivity index (χ0v) is 17.9. The summed E-state index contributed by atoms with van der Waals surface area (Å²) in [5.41, 5.74) is 5.36. The largest absolute Gasteiger partial charge is 0.508 e. The summed E-state index contributed by atoms with van der Waals surface area (Å²) in [7, 11) is 0. The third kappa shape index (κ3) is 4.35. The number of anilines is 1. The van der Waals surface area contributed by atoms with Gasteiger partial charge in [0.25, 0.3) is 0 Å². The van der Waals surface area contributed by atoms with Gasteiger partial charge in [0.2, 0.25) is 0 Å². The fraction of sp³-hybridized carbons (Fsp3) is 0.292. The number of aromatic hydroxyl groups is 1. The van der Waals surface area contributed by atoms with Gasteiger partial charge in [-0.3, -0.25) is 4.98 Å². The quantitative estimate of drug-likeness (QED) is 0.442. The standard InChI is InChI=1S/C24H26FN5O/c1-4-16-10-20(31)6-5-17(16)7-8-27-23-11-22(18-9-19(25)13-26-12-18)29-24-21(15(2)3)14-28-30(23)24/h5-6,9-15,27,31H,4,7-8H2,1-3H3. The van der Waals surface area contributed by atoms with Crippen molar-refractivity contribution < 1.29 is 9.50 Å². The number of hydrogen-bond donors (Lipinski definition) is 2. The predicted octanol–water partition coefficient (Wildman–Crippen LogP) is 4.98. The molecule has 0 bridgehead atoms. The van der Waals surface area contributed by atoms with Gasteiger partial charge in [0.15, 0.2) is 5.65 Å². The van der Waals surface area contributed by atoms with Gasteiger partial charge in [0.1, 0.15) is 17.4 Å². The average molecular weight is 420 g/mol. The first kappa shape index (κ1) is 20.8. The van der Waals surface area contributed by atoms with Crippen LogP contribution in [0.15, 0.2) is 48.9 Å². The highest BCUT2D eigenvalue weighted by molar-refractivity contribution is 5.67. The fourth-order valence-corrected chi connectivity index (χ4v) is 3.72. The summed E-state index contributed by atoms with van der Waals surface area (Å²) >= 11 is 0. The van der Waals surface area contributed by atoms with Crippen molar-refractivity contribution in [3.8, 4) is 17.0 Å². The topological polar surface area (TPSA) is 75.3 Å². The minimum absolute atomic E-state index is 0.253. The van der Waals surface area contributed by atoms with E-state index in [1.165, 1.54) is 17.8 Å². The van der Waals surface area contributed by atoms with Crippen LogP contribution in [0.4, 0.5) is 10.2 Å². The average Bonchev–Trinajstić information content (AvgIpc) is 3.19. The van der Waals surface area contributed by atoms with Gasteiger partial charge in [0, 0.05) is 29.9 Å². The number of benzene rings is 1. The lowest BCUT2D eigenvalue weighted by molar-refractivity contribution is 0.474. The lowest BCUT2D eigenvalue weighted by Crippen LogP contribution is -2.11. The van der Waals surface area contributed by atoms with Gasteiger partial charge in [-0.1, -0.05) is 26.8 Å². The van der Waals surface area contributed by atoms with Crippen molar-refractivity contribution in [1.82, 2.24) is 19.6 Å². The van der Waals surface area contributed by atoms with E-state index in [1.54, 1.807) is 16.8 Å². The molecule has 31 heavy (non-hydrogen) atoms. The van der Waals surface area contributed by atoms with Crippen LogP contribution in [-0.4, -0.2) is 31.2 Å². The number of aromatic nitrogens is 4. The van der Waals surface area contributed by atoms with Crippen molar-refractivity contribution in [2.45, 2.75) is 39.5 Å². The highest BCUT2D eigenvalue weighted by Crippen LogP contribution is 2.27. The molecule has 0 atom stereocenters. The fourth-order valence-electron chi connectivity index (χ4n) is 3.72. The number of rotatable bonds is 7. The molecule has 7 heteroatoms. The van der Waals surface area contributed by atoms with E-state index in [2.05, 4.69) is 36.2 Å². The monoisotopic (exact) mass is 419 g/mol. The van der Waals surface area contributed by atoms with Crippen LogP contribution in [0.5, 0.6) is 5.75 Å². The number of nitrogens with one attached hydrogen (secondary N) is 1. The van der Waals surface area contributed by atoms with E-state index in [4.69, 9.17) is 4.98 Å². The second-order valence-corrected chi connectivity index (χ2v) is 7.89. The molecular weight excluding hydrogens is 393 g/mol. The maximum Gasteiger partial charge on any atom is 0.161 e. The van der Waals surface area contributed by atoms with E-state index in [9.17, 15) is 9.50 Å². The van der Waals surface area contributed by atoms with E-state index in [0.717, 1.165) is 35.4 Å². The molecule has 6 nitrogen and oxygen atoms in total. The molecule has 0 radical (unpaired) electrons. The number of nitrogens with zero attached hydrogens (tertiary/aromatic N) is 4. The molecule has 0 fully saturated rings. The Morgan fingerprint density at radius 2 is 1.94 bits per heavy atom. The van der Waals surface area contributed by atoms with E-state index in [1.807, 2.05) is 24.4 Å². The summed E-state index contributed by atoms with van der Waals surface area (Å²) in [6, 6.07) is 8.81. The van der Waals surface area contributed by atoms with Gasteiger partial charge in [-0.2, -0.15) is 9.61 Å². The Morgan fingerprint density at radius 1 is 1.10 bits per heavy atom. The highest BCUT2D eigenvalue weighted by Gasteiger charge is 2.15. The van der Waals surface area contributed by atoms with Crippen LogP contribution in [0, 0.1) is 5.82 Å². The zero-order valence-electron chi connectivity index (χ0n) is 17.9. The smallest absolute Gasteiger partial charge is 0.161 e. The molecule has 0 saturated carbocycles. The Balaban J connectivity index is 1.68. The van der Waals surface area contributed by atoms with Gasteiger partial charge >= 0.3 is 0 Å². The SMILES string of the molecule is CCc1cc(O)ccc1CCNc1cc(-c2cncc(F)c2)nc2c(C(C)C)cnn12. The minimum Gasteiger partial charge on any atom is -0.508 e. The summed E-state index contributed by atoms with van der Waals surface area (Å²) < 4.78 is 15.6. The van der Waals surface area contributed by atoms with Crippen LogP contribution < -0.4 is 5.32 Å². The summed E-state index contributed by atoms with van der Waals surface area (Å²) in [6.45, 7) is 6.95. The van der Waals surface area contributed by atoms with Crippen LogP contribution in [0.1, 0.15) is 43.4 Å². The predicted molar refractivity (Wildman–Crippen MR) is 120 cm³/mol. The molecule has 160 valence electrons. The van der Waals surface area contributed by atoms with Gasteiger partial charge in [-0.05, 0) is 48.1 Å². The van der Waals surface area contributed by atoms with Gasteiger partial charge in [-0.15, -0.1) is 0 Å². The van der Waals surface area contributed by atoms with Crippen LogP contribution in [0.2, 0.25) is 0 Å². The number of phenols is 1. The third-order valence-corrected chi connectivity index (χ3v) is 5.39. The Morgan fingerprint density at radius 3 is 2.68 bits per heavy atom. The first-order valence-electron chi connectivity index (χ1n) is 10.5. The minimum atomic E-state index is -0.398. The Hall–Kier alpha value is -3.48. The number of halogens is 1. The maximum atomic E-state index is 13.8. The van der Waals surface area contributed by atoms with Crippen molar-refractivity contribution in [3.05, 3.63) is 71.4 Å². The summed E-state index contributed by atoms with van der Waals surface area (Å²) in [4.78, 5) is 8.72. The molecule has 4 rings (SSSR count). The summed E-state index contributed by atoms with van der Waals surface area (Å²) in [5.74, 6) is 0.928. The molecule has 0 aliphatic heterocycles. The highest BCUT2D eigenvalue weighted by atomic mass is 19.1. The van der Waals surface area contributed by atoms with Crippen LogP contribution in [0.3, 0.4) is 0 Å². The summed E-state index contributed by atoms with van der Waals surface area (Å²) in [5, 5.41) is 17.7. The first-order valence-corrected chi connectivity index (χ1v) is 10.5. The second-order valence-electron chi connectivity index (χ2n) is 7.89. The molecule has 0 unspecified atom stereocenters. The van der Waals surface area contributed by atoms with Crippen molar-refractivity contribution in [2.75, 3.05) is 11.9 Å². The van der Waals surface area contributed by atoms with Gasteiger partial charge in [0.05, 0.1) is 18.1 Å². The Kier molecular flexibility index (Phi) is 5.84. The maximum absolute atomic E-state index is 13.8. The Labute approximate surface area is 180 Å². The number of phenolic OH excluding ortho intramolecular Hbond substituents is 1. The third-order valence-electron chi connectivity index (χ3n) is 5.39. The molecule has 0 spiro atoms. The molecule has 3 aromatic heterocycles. The molecule has 1 aromatic carbocycles. The molecule has 2 N–H and O–H groups in total. The van der Waals surface area contributed by atoms with Crippen LogP contribution in [0.25, 0.3) is 16.9 Å². The van der Waals surface area contributed by atoms with E-state index >= 15 is 0 Å². The van der Waals surface area contributed by atoms with Crippen molar-refractivity contribution in [1.29, 1.82) is 0 Å². The zero-order chi connectivity index (χ0) is 22.0. The number of pyridine rings is 1. The van der Waals surface area contributed by atoms with E-state index < -0.39 is 5.82 Å². The number of hydrogen-bond acceptors (Lipinski definition) is 5. The van der Waals surface area contributed by atoms with Crippen molar-refractivity contribution in [3.63, 3.8) is 0 Å². The van der Waals surface area contributed by atoms with Gasteiger partial charge < -0.3 is 10.4 Å².